The molecule has 1 heterocycles. The Labute approximate surface area is 164 Å². The lowest BCUT2D eigenvalue weighted by Crippen LogP contribution is -2.34. The van der Waals surface area contributed by atoms with Gasteiger partial charge in [0.2, 0.25) is 0 Å². The fourth-order valence-electron chi connectivity index (χ4n) is 3.01. The Morgan fingerprint density at radius 2 is 1.96 bits per heavy atom. The average Bonchev–Trinajstić information content (AvgIpc) is 2.72. The SMILES string of the molecule is CCOC(=O)C(N)Cc1ccc(OC)c(COc2cccc3cccnc23)c1. The number of pyridine rings is 1. The van der Waals surface area contributed by atoms with Gasteiger partial charge in [0.15, 0.2) is 0 Å². The van der Waals surface area contributed by atoms with Gasteiger partial charge < -0.3 is 19.9 Å². The standard InChI is InChI=1S/C22H24N2O4/c1-3-27-22(25)18(23)13-15-9-10-19(26-2)17(12-15)14-28-20-8-4-6-16-7-5-11-24-21(16)20/h4-12,18H,3,13-14,23H2,1-2H3. The molecule has 3 rings (SSSR count). The van der Waals surface area contributed by atoms with E-state index in [-0.39, 0.29) is 0 Å². The second kappa shape index (κ2) is 9.19. The number of carbonyl (C=O) groups is 1. The van der Waals surface area contributed by atoms with E-state index in [4.69, 9.17) is 19.9 Å². The van der Waals surface area contributed by atoms with E-state index in [1.54, 1.807) is 20.2 Å². The highest BCUT2D eigenvalue weighted by atomic mass is 16.5. The molecule has 6 nitrogen and oxygen atoms in total. The topological polar surface area (TPSA) is 83.7 Å². The minimum atomic E-state index is -0.704. The number of hydrogen-bond donors (Lipinski definition) is 1. The number of para-hydroxylation sites is 1. The molecule has 0 aliphatic heterocycles. The van der Waals surface area contributed by atoms with Crippen LogP contribution in [0.3, 0.4) is 0 Å². The van der Waals surface area contributed by atoms with E-state index in [9.17, 15) is 4.79 Å². The molecule has 6 heteroatoms. The molecule has 2 aromatic carbocycles. The van der Waals surface area contributed by atoms with Crippen LogP contribution in [-0.4, -0.2) is 30.7 Å². The van der Waals surface area contributed by atoms with Crippen LogP contribution in [0.15, 0.2) is 54.7 Å². The van der Waals surface area contributed by atoms with E-state index in [0.717, 1.165) is 22.0 Å². The number of carbonyl (C=O) groups excluding carboxylic acids is 1. The molecule has 146 valence electrons. The largest absolute Gasteiger partial charge is 0.496 e. The Bertz CT molecular complexity index is 953. The van der Waals surface area contributed by atoms with Crippen LogP contribution in [0.4, 0.5) is 0 Å². The summed E-state index contributed by atoms with van der Waals surface area (Å²) in [5.41, 5.74) is 8.53. The van der Waals surface area contributed by atoms with Crippen LogP contribution in [0.1, 0.15) is 18.1 Å². The zero-order valence-electron chi connectivity index (χ0n) is 16.1. The number of rotatable bonds is 8. The summed E-state index contributed by atoms with van der Waals surface area (Å²) in [6.45, 7) is 2.38. The molecule has 0 saturated carbocycles. The van der Waals surface area contributed by atoms with Gasteiger partial charge in [0.1, 0.15) is 29.7 Å². The molecule has 0 radical (unpaired) electrons. The Balaban J connectivity index is 1.78. The molecule has 0 aliphatic rings. The van der Waals surface area contributed by atoms with Crippen molar-refractivity contribution >= 4 is 16.9 Å². The van der Waals surface area contributed by atoms with Crippen molar-refractivity contribution in [1.29, 1.82) is 0 Å². The summed E-state index contributed by atoms with van der Waals surface area (Å²) in [5.74, 6) is 1.01. The minimum Gasteiger partial charge on any atom is -0.496 e. The number of nitrogens with two attached hydrogens (primary N) is 1. The molecular weight excluding hydrogens is 356 g/mol. The second-order valence-electron chi connectivity index (χ2n) is 6.33. The van der Waals surface area contributed by atoms with E-state index >= 15 is 0 Å². The third-order valence-electron chi connectivity index (χ3n) is 4.37. The zero-order chi connectivity index (χ0) is 19.9. The van der Waals surface area contributed by atoms with Crippen molar-refractivity contribution in [2.75, 3.05) is 13.7 Å². The van der Waals surface area contributed by atoms with Crippen LogP contribution >= 0.6 is 0 Å². The van der Waals surface area contributed by atoms with E-state index in [1.807, 2.05) is 48.5 Å². The van der Waals surface area contributed by atoms with Crippen LogP contribution < -0.4 is 15.2 Å². The molecule has 0 bridgehead atoms. The number of aromatic nitrogens is 1. The first-order valence-electron chi connectivity index (χ1n) is 9.17. The number of fused-ring (bicyclic) bond motifs is 1. The number of ether oxygens (including phenoxy) is 3. The highest BCUT2D eigenvalue weighted by Crippen LogP contribution is 2.26. The summed E-state index contributed by atoms with van der Waals surface area (Å²) in [4.78, 5) is 16.2. The van der Waals surface area contributed by atoms with Crippen molar-refractivity contribution in [3.63, 3.8) is 0 Å². The van der Waals surface area contributed by atoms with Crippen molar-refractivity contribution in [2.45, 2.75) is 26.0 Å². The predicted octanol–water partition coefficient (Wildman–Crippen LogP) is 3.26. The summed E-state index contributed by atoms with van der Waals surface area (Å²) in [6.07, 6.45) is 2.12. The molecule has 3 aromatic rings. The number of hydrogen-bond acceptors (Lipinski definition) is 6. The molecule has 28 heavy (non-hydrogen) atoms. The average molecular weight is 380 g/mol. The Morgan fingerprint density at radius 1 is 1.14 bits per heavy atom. The van der Waals surface area contributed by atoms with Crippen molar-refractivity contribution in [3.05, 3.63) is 65.9 Å². The molecule has 0 spiro atoms. The third kappa shape index (κ3) is 4.58. The Hall–Kier alpha value is -3.12. The smallest absolute Gasteiger partial charge is 0.323 e. The molecule has 1 unspecified atom stereocenters. The molecule has 1 aromatic heterocycles. The van der Waals surface area contributed by atoms with Gasteiger partial charge in [-0.1, -0.05) is 24.3 Å². The number of esters is 1. The minimum absolute atomic E-state index is 0.307. The molecule has 0 amide bonds. The number of methoxy groups -OCH3 is 1. The van der Waals surface area contributed by atoms with Crippen LogP contribution in [-0.2, 0) is 22.6 Å². The molecular formula is C22H24N2O4. The molecule has 0 saturated heterocycles. The first-order valence-corrected chi connectivity index (χ1v) is 9.17. The van der Waals surface area contributed by atoms with Gasteiger partial charge in [0, 0.05) is 17.1 Å². The maximum atomic E-state index is 11.8. The highest BCUT2D eigenvalue weighted by molar-refractivity contribution is 5.84. The highest BCUT2D eigenvalue weighted by Gasteiger charge is 2.16. The molecule has 0 aliphatic carbocycles. The lowest BCUT2D eigenvalue weighted by Gasteiger charge is -2.15. The lowest BCUT2D eigenvalue weighted by atomic mass is 10.0. The van der Waals surface area contributed by atoms with Crippen molar-refractivity contribution in [3.8, 4) is 11.5 Å². The number of nitrogens with zero attached hydrogens (tertiary/aromatic N) is 1. The van der Waals surface area contributed by atoms with Crippen LogP contribution in [0.25, 0.3) is 10.9 Å². The van der Waals surface area contributed by atoms with Crippen molar-refractivity contribution < 1.29 is 19.0 Å². The van der Waals surface area contributed by atoms with E-state index < -0.39 is 12.0 Å². The summed E-state index contributed by atoms with van der Waals surface area (Å²) in [6, 6.07) is 14.7. The van der Waals surface area contributed by atoms with Crippen LogP contribution in [0, 0.1) is 0 Å². The van der Waals surface area contributed by atoms with Crippen molar-refractivity contribution in [2.24, 2.45) is 5.73 Å². The van der Waals surface area contributed by atoms with Gasteiger partial charge >= 0.3 is 5.97 Å². The third-order valence-corrected chi connectivity index (χ3v) is 4.37. The maximum Gasteiger partial charge on any atom is 0.323 e. The van der Waals surface area contributed by atoms with Crippen LogP contribution in [0.5, 0.6) is 11.5 Å². The quantitative estimate of drug-likeness (QED) is 0.604. The second-order valence-corrected chi connectivity index (χ2v) is 6.33. The van der Waals surface area contributed by atoms with E-state index in [1.165, 1.54) is 0 Å². The fourth-order valence-corrected chi connectivity index (χ4v) is 3.01. The fraction of sp³-hybridized carbons (Fsp3) is 0.273. The van der Waals surface area contributed by atoms with Gasteiger partial charge in [-0.05, 0) is 43.2 Å². The van der Waals surface area contributed by atoms with E-state index in [0.29, 0.717) is 31.1 Å². The van der Waals surface area contributed by atoms with Gasteiger partial charge in [-0.25, -0.2) is 0 Å². The summed E-state index contributed by atoms with van der Waals surface area (Å²) in [7, 11) is 1.61. The Morgan fingerprint density at radius 3 is 2.75 bits per heavy atom. The monoisotopic (exact) mass is 380 g/mol. The summed E-state index contributed by atoms with van der Waals surface area (Å²) in [5, 5.41) is 1.01. The molecule has 2 N–H and O–H groups in total. The maximum absolute atomic E-state index is 11.8. The normalized spacial score (nSPS) is 11.8. The van der Waals surface area contributed by atoms with Crippen molar-refractivity contribution in [1.82, 2.24) is 4.98 Å². The first-order chi connectivity index (χ1) is 13.6. The first kappa shape index (κ1) is 19.6. The van der Waals surface area contributed by atoms with Gasteiger partial charge in [-0.3, -0.25) is 9.78 Å². The zero-order valence-corrected chi connectivity index (χ0v) is 16.1. The molecule has 0 fully saturated rings. The number of benzene rings is 2. The predicted molar refractivity (Wildman–Crippen MR) is 107 cm³/mol. The van der Waals surface area contributed by atoms with Crippen LogP contribution in [0.2, 0.25) is 0 Å². The molecule has 1 atom stereocenters. The van der Waals surface area contributed by atoms with Gasteiger partial charge in [-0.15, -0.1) is 0 Å². The summed E-state index contributed by atoms with van der Waals surface area (Å²) < 4.78 is 16.5. The van der Waals surface area contributed by atoms with Gasteiger partial charge in [-0.2, -0.15) is 0 Å². The van der Waals surface area contributed by atoms with Gasteiger partial charge in [0.25, 0.3) is 0 Å². The van der Waals surface area contributed by atoms with Gasteiger partial charge in [0.05, 0.1) is 13.7 Å². The lowest BCUT2D eigenvalue weighted by molar-refractivity contribution is -0.144. The summed E-state index contributed by atoms with van der Waals surface area (Å²) >= 11 is 0. The van der Waals surface area contributed by atoms with E-state index in [2.05, 4.69) is 4.98 Å². The Kier molecular flexibility index (Phi) is 6.45.